The molecule has 4 heteroatoms. The van der Waals surface area contributed by atoms with Gasteiger partial charge >= 0.3 is 0 Å². The molecule has 0 aromatic carbocycles. The van der Waals surface area contributed by atoms with Gasteiger partial charge in [0.1, 0.15) is 6.54 Å². The van der Waals surface area contributed by atoms with Gasteiger partial charge in [-0.3, -0.25) is 4.79 Å². The molecule has 1 aromatic rings. The van der Waals surface area contributed by atoms with Gasteiger partial charge in [-0.2, -0.15) is 0 Å². The first-order valence-corrected chi connectivity index (χ1v) is 7.17. The van der Waals surface area contributed by atoms with Crippen molar-refractivity contribution >= 4 is 5.91 Å². The normalized spacial score (nSPS) is 18.4. The fraction of sp³-hybridized carbons (Fsp3) is 0.600. The molecule has 4 nitrogen and oxygen atoms in total. The van der Waals surface area contributed by atoms with E-state index in [4.69, 9.17) is 4.74 Å². The Morgan fingerprint density at radius 2 is 2.11 bits per heavy atom. The number of nitrogens with zero attached hydrogens (tertiary/aromatic N) is 1. The standard InChI is InChI=1S/C15H22N2O2/c18-15(16-13-14-7-6-12-19-14)8-2-5-11-17-9-3-1-4-10-17/h1,3-4,9-10,14H,2,5-8,11-13H2/p+1. The fourth-order valence-corrected chi connectivity index (χ4v) is 2.28. The van der Waals surface area contributed by atoms with Crippen LogP contribution in [0.3, 0.4) is 0 Å². The van der Waals surface area contributed by atoms with E-state index in [1.807, 2.05) is 18.2 Å². The number of unbranched alkanes of at least 4 members (excludes halogenated alkanes) is 1. The Balaban J connectivity index is 1.51. The number of aromatic nitrogens is 1. The molecule has 0 spiro atoms. The summed E-state index contributed by atoms with van der Waals surface area (Å²) in [5, 5.41) is 2.95. The van der Waals surface area contributed by atoms with Crippen LogP contribution in [0.1, 0.15) is 32.1 Å². The van der Waals surface area contributed by atoms with Gasteiger partial charge in [0, 0.05) is 38.1 Å². The second kappa shape index (κ2) is 7.89. The number of amides is 1. The lowest BCUT2D eigenvalue weighted by Crippen LogP contribution is -2.33. The van der Waals surface area contributed by atoms with Crippen molar-refractivity contribution in [3.05, 3.63) is 30.6 Å². The van der Waals surface area contributed by atoms with Crippen molar-refractivity contribution < 1.29 is 14.1 Å². The number of rotatable bonds is 7. The molecule has 19 heavy (non-hydrogen) atoms. The number of ether oxygens (including phenoxy) is 1. The molecule has 104 valence electrons. The van der Waals surface area contributed by atoms with E-state index in [0.717, 1.165) is 38.8 Å². The Morgan fingerprint density at radius 1 is 1.26 bits per heavy atom. The molecule has 2 heterocycles. The Hall–Kier alpha value is -1.42. The van der Waals surface area contributed by atoms with E-state index in [0.29, 0.717) is 13.0 Å². The Morgan fingerprint density at radius 3 is 2.84 bits per heavy atom. The summed E-state index contributed by atoms with van der Waals surface area (Å²) in [4.78, 5) is 11.6. The van der Waals surface area contributed by atoms with Crippen LogP contribution >= 0.6 is 0 Å². The van der Waals surface area contributed by atoms with Crippen molar-refractivity contribution in [2.24, 2.45) is 0 Å². The molecule has 1 N–H and O–H groups in total. The van der Waals surface area contributed by atoms with Gasteiger partial charge in [-0.05, 0) is 19.3 Å². The molecule has 1 amide bonds. The number of hydrogen-bond donors (Lipinski definition) is 1. The molecule has 0 saturated carbocycles. The number of nitrogens with one attached hydrogen (secondary N) is 1. The van der Waals surface area contributed by atoms with Gasteiger partial charge in [-0.1, -0.05) is 6.07 Å². The summed E-state index contributed by atoms with van der Waals surface area (Å²) >= 11 is 0. The third kappa shape index (κ3) is 5.39. The second-order valence-electron chi connectivity index (χ2n) is 5.01. The predicted molar refractivity (Wildman–Crippen MR) is 72.5 cm³/mol. The number of hydrogen-bond acceptors (Lipinski definition) is 2. The highest BCUT2D eigenvalue weighted by molar-refractivity contribution is 5.75. The number of carbonyl (C=O) groups is 1. The van der Waals surface area contributed by atoms with Crippen LogP contribution in [-0.2, 0) is 16.1 Å². The maximum absolute atomic E-state index is 11.6. The van der Waals surface area contributed by atoms with Gasteiger partial charge in [-0.15, -0.1) is 0 Å². The van der Waals surface area contributed by atoms with Crippen molar-refractivity contribution in [3.8, 4) is 0 Å². The van der Waals surface area contributed by atoms with Crippen LogP contribution in [0.25, 0.3) is 0 Å². The molecule has 1 fully saturated rings. The van der Waals surface area contributed by atoms with E-state index < -0.39 is 0 Å². The quantitative estimate of drug-likeness (QED) is 0.597. The maximum Gasteiger partial charge on any atom is 0.220 e. The first-order valence-electron chi connectivity index (χ1n) is 7.17. The number of aryl methyl sites for hydroxylation is 1. The Kier molecular flexibility index (Phi) is 5.82. The molecule has 1 aliphatic heterocycles. The van der Waals surface area contributed by atoms with Crippen LogP contribution in [0, 0.1) is 0 Å². The third-order valence-corrected chi connectivity index (χ3v) is 3.40. The zero-order valence-electron chi connectivity index (χ0n) is 11.4. The van der Waals surface area contributed by atoms with Gasteiger partial charge in [0.2, 0.25) is 5.91 Å². The maximum atomic E-state index is 11.6. The van der Waals surface area contributed by atoms with Crippen molar-refractivity contribution in [2.45, 2.75) is 44.8 Å². The van der Waals surface area contributed by atoms with Gasteiger partial charge in [0.25, 0.3) is 0 Å². The molecular formula is C15H23N2O2+. The van der Waals surface area contributed by atoms with Crippen LogP contribution in [0.4, 0.5) is 0 Å². The molecule has 1 unspecified atom stereocenters. The van der Waals surface area contributed by atoms with Gasteiger partial charge in [0.15, 0.2) is 12.4 Å². The van der Waals surface area contributed by atoms with E-state index in [1.165, 1.54) is 0 Å². The molecule has 0 bridgehead atoms. The molecular weight excluding hydrogens is 240 g/mol. The number of pyridine rings is 1. The molecule has 0 aliphatic carbocycles. The monoisotopic (exact) mass is 263 g/mol. The van der Waals surface area contributed by atoms with Gasteiger partial charge in [-0.25, -0.2) is 4.57 Å². The van der Waals surface area contributed by atoms with Crippen molar-refractivity contribution in [2.75, 3.05) is 13.2 Å². The van der Waals surface area contributed by atoms with Crippen molar-refractivity contribution in [1.82, 2.24) is 5.32 Å². The number of carbonyl (C=O) groups excluding carboxylic acids is 1. The highest BCUT2D eigenvalue weighted by Gasteiger charge is 2.15. The van der Waals surface area contributed by atoms with E-state index in [1.54, 1.807) is 0 Å². The summed E-state index contributed by atoms with van der Waals surface area (Å²) in [6.45, 7) is 2.49. The molecule has 2 rings (SSSR count). The van der Waals surface area contributed by atoms with E-state index >= 15 is 0 Å². The second-order valence-corrected chi connectivity index (χ2v) is 5.01. The first-order chi connectivity index (χ1) is 9.34. The largest absolute Gasteiger partial charge is 0.376 e. The molecule has 1 aromatic heterocycles. The minimum atomic E-state index is 0.147. The third-order valence-electron chi connectivity index (χ3n) is 3.40. The summed E-state index contributed by atoms with van der Waals surface area (Å²) < 4.78 is 7.61. The van der Waals surface area contributed by atoms with Crippen molar-refractivity contribution in [1.29, 1.82) is 0 Å². The lowest BCUT2D eigenvalue weighted by Gasteiger charge is -2.10. The molecule has 1 atom stereocenters. The Bertz CT molecular complexity index is 375. The van der Waals surface area contributed by atoms with Gasteiger partial charge < -0.3 is 10.1 Å². The van der Waals surface area contributed by atoms with Crippen LogP contribution in [0.2, 0.25) is 0 Å². The van der Waals surface area contributed by atoms with E-state index in [2.05, 4.69) is 22.3 Å². The average Bonchev–Trinajstić information content (AvgIpc) is 2.96. The van der Waals surface area contributed by atoms with Crippen LogP contribution < -0.4 is 9.88 Å². The minimum absolute atomic E-state index is 0.147. The lowest BCUT2D eigenvalue weighted by atomic mass is 10.2. The molecule has 1 aliphatic rings. The van der Waals surface area contributed by atoms with E-state index in [9.17, 15) is 4.79 Å². The summed E-state index contributed by atoms with van der Waals surface area (Å²) in [7, 11) is 0. The highest BCUT2D eigenvalue weighted by Crippen LogP contribution is 2.10. The molecule has 1 saturated heterocycles. The smallest absolute Gasteiger partial charge is 0.220 e. The summed E-state index contributed by atoms with van der Waals surface area (Å²) in [5.74, 6) is 0.147. The summed E-state index contributed by atoms with van der Waals surface area (Å²) in [5.41, 5.74) is 0. The SMILES string of the molecule is O=C(CCCC[n+]1ccccc1)NCC1CCCO1. The average molecular weight is 263 g/mol. The van der Waals surface area contributed by atoms with Crippen LogP contribution in [0.15, 0.2) is 30.6 Å². The Labute approximate surface area is 114 Å². The van der Waals surface area contributed by atoms with E-state index in [-0.39, 0.29) is 12.0 Å². The topological polar surface area (TPSA) is 42.2 Å². The zero-order chi connectivity index (χ0) is 13.3. The first kappa shape index (κ1) is 14.0. The van der Waals surface area contributed by atoms with Crippen molar-refractivity contribution in [3.63, 3.8) is 0 Å². The zero-order valence-corrected chi connectivity index (χ0v) is 11.4. The lowest BCUT2D eigenvalue weighted by molar-refractivity contribution is -0.697. The fourth-order valence-electron chi connectivity index (χ4n) is 2.28. The summed E-state index contributed by atoms with van der Waals surface area (Å²) in [6, 6.07) is 6.05. The minimum Gasteiger partial charge on any atom is -0.376 e. The van der Waals surface area contributed by atoms with Crippen LogP contribution in [0.5, 0.6) is 0 Å². The van der Waals surface area contributed by atoms with Gasteiger partial charge in [0.05, 0.1) is 6.10 Å². The highest BCUT2D eigenvalue weighted by atomic mass is 16.5. The van der Waals surface area contributed by atoms with Crippen LogP contribution in [-0.4, -0.2) is 25.2 Å². The summed E-state index contributed by atoms with van der Waals surface area (Å²) in [6.07, 6.45) is 9.11. The molecule has 0 radical (unpaired) electrons. The predicted octanol–water partition coefficient (Wildman–Crippen LogP) is 1.44.